The molecule has 1 aromatic carbocycles. The van der Waals surface area contributed by atoms with Gasteiger partial charge >= 0.3 is 0 Å². The van der Waals surface area contributed by atoms with Crippen molar-refractivity contribution in [2.75, 3.05) is 13.1 Å². The van der Waals surface area contributed by atoms with Gasteiger partial charge in [0.2, 0.25) is 0 Å². The minimum absolute atomic E-state index is 0.442. The van der Waals surface area contributed by atoms with Crippen LogP contribution in [0.1, 0.15) is 24.0 Å². The monoisotopic (exact) mass is 220 g/mol. The molecule has 0 bridgehead atoms. The molecular formula is C12H16N2S. The normalized spacial score (nSPS) is 19.9. The zero-order valence-electron chi connectivity index (χ0n) is 9.14. The Kier molecular flexibility index (Phi) is 3.00. The maximum absolute atomic E-state index is 4.38. The molecule has 0 aliphatic carbocycles. The van der Waals surface area contributed by atoms with E-state index in [1.807, 2.05) is 6.21 Å². The molecule has 0 N–H and O–H groups in total. The molecule has 1 unspecified atom stereocenters. The van der Waals surface area contributed by atoms with Crippen molar-refractivity contribution < 1.29 is 0 Å². The van der Waals surface area contributed by atoms with Gasteiger partial charge in [-0.3, -0.25) is 5.01 Å². The number of hydrogen-bond acceptors (Lipinski definition) is 3. The number of hydrogen-bond donors (Lipinski definition) is 1. The topological polar surface area (TPSA) is 15.6 Å². The summed E-state index contributed by atoms with van der Waals surface area (Å²) in [5, 5.41) is 6.45. The first-order valence-electron chi connectivity index (χ1n) is 5.29. The Morgan fingerprint density at radius 2 is 2.33 bits per heavy atom. The Hall–Kier alpha value is -0.960. The molecule has 15 heavy (non-hydrogen) atoms. The lowest BCUT2D eigenvalue weighted by Crippen LogP contribution is -2.16. The summed E-state index contributed by atoms with van der Waals surface area (Å²) in [6.07, 6.45) is 2.04. The van der Waals surface area contributed by atoms with Crippen molar-refractivity contribution in [1.29, 1.82) is 0 Å². The Morgan fingerprint density at radius 3 is 2.93 bits per heavy atom. The highest BCUT2D eigenvalue weighted by molar-refractivity contribution is 7.80. The summed E-state index contributed by atoms with van der Waals surface area (Å²) in [6, 6.07) is 6.42. The molecule has 0 aromatic heterocycles. The van der Waals surface area contributed by atoms with Crippen LogP contribution in [-0.4, -0.2) is 24.3 Å². The van der Waals surface area contributed by atoms with E-state index in [0.29, 0.717) is 5.92 Å². The van der Waals surface area contributed by atoms with Crippen LogP contribution >= 0.6 is 12.6 Å². The summed E-state index contributed by atoms with van der Waals surface area (Å²) in [5.41, 5.74) is 2.57. The lowest BCUT2D eigenvalue weighted by Gasteiger charge is -2.14. The summed E-state index contributed by atoms with van der Waals surface area (Å²) < 4.78 is 0. The van der Waals surface area contributed by atoms with Gasteiger partial charge in [-0.25, -0.2) is 0 Å². The van der Waals surface area contributed by atoms with Crippen LogP contribution in [0.15, 0.2) is 28.2 Å². The van der Waals surface area contributed by atoms with Crippen molar-refractivity contribution in [1.82, 2.24) is 5.01 Å². The maximum Gasteiger partial charge on any atom is 0.0479 e. The fourth-order valence-electron chi connectivity index (χ4n) is 1.81. The van der Waals surface area contributed by atoms with Crippen LogP contribution in [-0.2, 0) is 0 Å². The van der Waals surface area contributed by atoms with Crippen LogP contribution in [0.2, 0.25) is 0 Å². The van der Waals surface area contributed by atoms with Gasteiger partial charge in [-0.15, -0.1) is 12.6 Å². The molecule has 1 aromatic rings. The molecule has 3 heteroatoms. The third kappa shape index (κ3) is 2.17. The van der Waals surface area contributed by atoms with Crippen LogP contribution < -0.4 is 0 Å². The largest absolute Gasteiger partial charge is 0.297 e. The van der Waals surface area contributed by atoms with Crippen LogP contribution in [0.5, 0.6) is 0 Å². The van der Waals surface area contributed by atoms with E-state index in [1.165, 1.54) is 11.1 Å². The number of aryl methyl sites for hydroxylation is 1. The summed E-state index contributed by atoms with van der Waals surface area (Å²) >= 11 is 4.38. The molecule has 0 radical (unpaired) electrons. The Morgan fingerprint density at radius 1 is 1.53 bits per heavy atom. The molecule has 80 valence electrons. The summed E-state index contributed by atoms with van der Waals surface area (Å²) in [4.78, 5) is 1.06. The van der Waals surface area contributed by atoms with Gasteiger partial charge in [0, 0.05) is 30.1 Å². The van der Waals surface area contributed by atoms with Gasteiger partial charge in [-0.1, -0.05) is 12.1 Å². The van der Waals surface area contributed by atoms with Gasteiger partial charge in [0.1, 0.15) is 0 Å². The van der Waals surface area contributed by atoms with E-state index in [0.717, 1.165) is 18.0 Å². The minimum Gasteiger partial charge on any atom is -0.297 e. The molecule has 1 aliphatic heterocycles. The summed E-state index contributed by atoms with van der Waals surface area (Å²) in [5.74, 6) is 0.442. The SMILES string of the molecule is CCN1CC(c2ccc(S)c(C)c2)C=N1. The van der Waals surface area contributed by atoms with E-state index >= 15 is 0 Å². The molecule has 0 spiro atoms. The second-order valence-electron chi connectivity index (χ2n) is 3.92. The first kappa shape index (κ1) is 10.6. The lowest BCUT2D eigenvalue weighted by atomic mass is 9.99. The Labute approximate surface area is 96.4 Å². The third-order valence-corrected chi connectivity index (χ3v) is 3.33. The highest BCUT2D eigenvalue weighted by atomic mass is 32.1. The standard InChI is InChI=1S/C12H16N2S/c1-3-14-8-11(7-13-14)10-4-5-12(15)9(2)6-10/h4-7,11,15H,3,8H2,1-2H3. The predicted octanol–water partition coefficient (Wildman–Crippen LogP) is 2.69. The fourth-order valence-corrected chi connectivity index (χ4v) is 1.95. The lowest BCUT2D eigenvalue weighted by molar-refractivity contribution is 0.327. The maximum atomic E-state index is 4.38. The number of hydrazone groups is 1. The van der Waals surface area contributed by atoms with E-state index in [9.17, 15) is 0 Å². The number of rotatable bonds is 2. The van der Waals surface area contributed by atoms with Crippen molar-refractivity contribution in [3.8, 4) is 0 Å². The summed E-state index contributed by atoms with van der Waals surface area (Å²) in [6.45, 7) is 6.20. The molecule has 0 fully saturated rings. The molecule has 2 nitrogen and oxygen atoms in total. The highest BCUT2D eigenvalue weighted by Crippen LogP contribution is 2.23. The Balaban J connectivity index is 2.18. The van der Waals surface area contributed by atoms with Crippen molar-refractivity contribution in [3.05, 3.63) is 29.3 Å². The minimum atomic E-state index is 0.442. The van der Waals surface area contributed by atoms with Gasteiger partial charge in [0.25, 0.3) is 0 Å². The van der Waals surface area contributed by atoms with Crippen molar-refractivity contribution in [3.63, 3.8) is 0 Å². The average Bonchev–Trinajstić information content (AvgIpc) is 2.70. The van der Waals surface area contributed by atoms with Crippen molar-refractivity contribution in [2.45, 2.75) is 24.7 Å². The molecular weight excluding hydrogens is 204 g/mol. The predicted molar refractivity (Wildman–Crippen MR) is 66.9 cm³/mol. The van der Waals surface area contributed by atoms with Crippen LogP contribution in [0.3, 0.4) is 0 Å². The number of nitrogens with zero attached hydrogens (tertiary/aromatic N) is 2. The number of benzene rings is 1. The van der Waals surface area contributed by atoms with Gasteiger partial charge in [-0.05, 0) is 31.0 Å². The molecule has 1 atom stereocenters. The fraction of sp³-hybridized carbons (Fsp3) is 0.417. The zero-order chi connectivity index (χ0) is 10.8. The second-order valence-corrected chi connectivity index (χ2v) is 4.40. The smallest absolute Gasteiger partial charge is 0.0479 e. The first-order valence-corrected chi connectivity index (χ1v) is 5.74. The van der Waals surface area contributed by atoms with Crippen molar-refractivity contribution >= 4 is 18.8 Å². The molecule has 0 amide bonds. The second kappa shape index (κ2) is 4.27. The first-order chi connectivity index (χ1) is 7.20. The molecule has 2 rings (SSSR count). The van der Waals surface area contributed by atoms with Crippen molar-refractivity contribution in [2.24, 2.45) is 5.10 Å². The number of thiol groups is 1. The molecule has 1 aliphatic rings. The molecule has 0 saturated heterocycles. The van der Waals surface area contributed by atoms with Crippen LogP contribution in [0.25, 0.3) is 0 Å². The quantitative estimate of drug-likeness (QED) is 0.758. The van der Waals surface area contributed by atoms with E-state index in [4.69, 9.17) is 0 Å². The van der Waals surface area contributed by atoms with Gasteiger partial charge < -0.3 is 0 Å². The van der Waals surface area contributed by atoms with Gasteiger partial charge in [-0.2, -0.15) is 5.10 Å². The third-order valence-electron chi connectivity index (χ3n) is 2.83. The summed E-state index contributed by atoms with van der Waals surface area (Å²) in [7, 11) is 0. The average molecular weight is 220 g/mol. The van der Waals surface area contributed by atoms with Gasteiger partial charge in [0.05, 0.1) is 0 Å². The highest BCUT2D eigenvalue weighted by Gasteiger charge is 2.18. The van der Waals surface area contributed by atoms with E-state index < -0.39 is 0 Å². The van der Waals surface area contributed by atoms with Crippen LogP contribution in [0, 0.1) is 6.92 Å². The van der Waals surface area contributed by atoms with E-state index in [2.05, 4.69) is 54.8 Å². The molecule has 0 saturated carbocycles. The van der Waals surface area contributed by atoms with E-state index in [-0.39, 0.29) is 0 Å². The molecule has 1 heterocycles. The Bertz CT molecular complexity index is 387. The zero-order valence-corrected chi connectivity index (χ0v) is 10.0. The van der Waals surface area contributed by atoms with E-state index in [1.54, 1.807) is 0 Å². The van der Waals surface area contributed by atoms with Gasteiger partial charge in [0.15, 0.2) is 0 Å². The number of likely N-dealkylation sites (N-methyl/N-ethyl adjacent to an activating group) is 1. The van der Waals surface area contributed by atoms with Crippen LogP contribution in [0.4, 0.5) is 0 Å².